The molecular weight excluding hydrogens is 699 g/mol. The fourth-order valence-corrected chi connectivity index (χ4v) is 8.64. The maximum atomic E-state index is 6.28. The lowest BCUT2D eigenvalue weighted by atomic mass is 10.0. The summed E-state index contributed by atoms with van der Waals surface area (Å²) >= 11 is 0. The predicted octanol–water partition coefficient (Wildman–Crippen LogP) is 13.0. The van der Waals surface area contributed by atoms with Crippen molar-refractivity contribution in [2.24, 2.45) is 0 Å². The highest BCUT2D eigenvalue weighted by Crippen LogP contribution is 2.40. The summed E-state index contributed by atoms with van der Waals surface area (Å²) in [5.41, 5.74) is 11.3. The van der Waals surface area contributed by atoms with Crippen molar-refractivity contribution in [1.29, 1.82) is 0 Å². The molecular formula is C51H31N5O. The molecule has 0 aliphatic heterocycles. The number of para-hydroxylation sites is 4. The fraction of sp³-hybridized carbons (Fsp3) is 0. The van der Waals surface area contributed by atoms with Gasteiger partial charge in [0.25, 0.3) is 0 Å². The number of hydrogen-bond donors (Lipinski definition) is 0. The van der Waals surface area contributed by atoms with Crippen molar-refractivity contribution in [1.82, 2.24) is 24.1 Å². The maximum Gasteiger partial charge on any atom is 0.238 e. The number of fused-ring (bicyclic) bond motifs is 9. The molecule has 266 valence electrons. The van der Waals surface area contributed by atoms with E-state index in [-0.39, 0.29) is 0 Å². The first-order valence-corrected chi connectivity index (χ1v) is 19.1. The number of rotatable bonds is 5. The van der Waals surface area contributed by atoms with Crippen LogP contribution in [0.4, 0.5) is 0 Å². The molecule has 0 spiro atoms. The van der Waals surface area contributed by atoms with Gasteiger partial charge in [-0.05, 0) is 71.8 Å². The molecule has 12 rings (SSSR count). The van der Waals surface area contributed by atoms with E-state index in [0.717, 1.165) is 71.7 Å². The van der Waals surface area contributed by atoms with Crippen molar-refractivity contribution in [3.63, 3.8) is 0 Å². The van der Waals surface area contributed by atoms with Crippen LogP contribution in [0, 0.1) is 0 Å². The fourth-order valence-electron chi connectivity index (χ4n) is 8.64. The van der Waals surface area contributed by atoms with Gasteiger partial charge in [0.2, 0.25) is 5.95 Å². The first-order chi connectivity index (χ1) is 28.3. The summed E-state index contributed by atoms with van der Waals surface area (Å²) in [6.45, 7) is 0. The Hall–Kier alpha value is -7.83. The molecule has 0 aliphatic rings. The third-order valence-corrected chi connectivity index (χ3v) is 11.2. The van der Waals surface area contributed by atoms with Crippen molar-refractivity contribution in [3.05, 3.63) is 188 Å². The van der Waals surface area contributed by atoms with Gasteiger partial charge in [-0.3, -0.25) is 4.57 Å². The van der Waals surface area contributed by atoms with Crippen molar-refractivity contribution in [2.45, 2.75) is 0 Å². The lowest BCUT2D eigenvalue weighted by Gasteiger charge is -2.11. The van der Waals surface area contributed by atoms with Gasteiger partial charge in [0.05, 0.1) is 22.1 Å². The van der Waals surface area contributed by atoms with Gasteiger partial charge in [-0.25, -0.2) is 4.98 Å². The molecule has 12 aromatic rings. The van der Waals surface area contributed by atoms with Crippen molar-refractivity contribution in [3.8, 4) is 45.5 Å². The smallest absolute Gasteiger partial charge is 0.238 e. The van der Waals surface area contributed by atoms with Crippen LogP contribution in [0.15, 0.2) is 192 Å². The first-order valence-electron chi connectivity index (χ1n) is 19.1. The lowest BCUT2D eigenvalue weighted by Crippen LogP contribution is -2.06. The van der Waals surface area contributed by atoms with E-state index in [4.69, 9.17) is 19.4 Å². The third-order valence-electron chi connectivity index (χ3n) is 11.2. The second-order valence-corrected chi connectivity index (χ2v) is 14.4. The van der Waals surface area contributed by atoms with Gasteiger partial charge in [0.1, 0.15) is 11.2 Å². The molecule has 0 radical (unpaired) electrons. The SMILES string of the molecule is c1ccc(-c2nc(-c3cccc4oc5ccccc5c34)nc(-n3c4ccccc4c4cc(-c5ccc6c(c5)c5ccccc5n6-c5ccccc5)ccc43)n2)cc1. The monoisotopic (exact) mass is 729 g/mol. The van der Waals surface area contributed by atoms with E-state index < -0.39 is 0 Å². The number of furan rings is 1. The molecule has 57 heavy (non-hydrogen) atoms. The molecule has 4 aromatic heterocycles. The largest absolute Gasteiger partial charge is 0.456 e. The minimum absolute atomic E-state index is 0.553. The highest BCUT2D eigenvalue weighted by molar-refractivity contribution is 6.13. The minimum Gasteiger partial charge on any atom is -0.456 e. The highest BCUT2D eigenvalue weighted by Gasteiger charge is 2.21. The van der Waals surface area contributed by atoms with Crippen LogP contribution in [0.3, 0.4) is 0 Å². The Morgan fingerprint density at radius 2 is 0.895 bits per heavy atom. The quantitative estimate of drug-likeness (QED) is 0.177. The Kier molecular flexibility index (Phi) is 6.83. The maximum absolute atomic E-state index is 6.28. The number of aromatic nitrogens is 5. The van der Waals surface area contributed by atoms with Gasteiger partial charge >= 0.3 is 0 Å². The van der Waals surface area contributed by atoms with Crippen molar-refractivity contribution in [2.75, 3.05) is 0 Å². The summed E-state index contributed by atoms with van der Waals surface area (Å²) in [5, 5.41) is 6.72. The Bertz CT molecular complexity index is 3520. The van der Waals surface area contributed by atoms with Crippen LogP contribution < -0.4 is 0 Å². The summed E-state index contributed by atoms with van der Waals surface area (Å²) in [7, 11) is 0. The molecule has 0 saturated carbocycles. The Balaban J connectivity index is 1.07. The van der Waals surface area contributed by atoms with E-state index in [1.54, 1.807) is 0 Å². The molecule has 6 nitrogen and oxygen atoms in total. The molecule has 0 bridgehead atoms. The van der Waals surface area contributed by atoms with Gasteiger partial charge < -0.3 is 8.98 Å². The Labute approximate surface area is 326 Å². The van der Waals surface area contributed by atoms with E-state index >= 15 is 0 Å². The van der Waals surface area contributed by atoms with Crippen LogP contribution in [-0.4, -0.2) is 24.1 Å². The highest BCUT2D eigenvalue weighted by atomic mass is 16.3. The molecule has 0 amide bonds. The van der Waals surface area contributed by atoms with Crippen LogP contribution >= 0.6 is 0 Å². The molecule has 0 aliphatic carbocycles. The van der Waals surface area contributed by atoms with Gasteiger partial charge in [0.15, 0.2) is 11.6 Å². The van der Waals surface area contributed by atoms with E-state index in [1.807, 2.05) is 60.7 Å². The topological polar surface area (TPSA) is 61.7 Å². The summed E-state index contributed by atoms with van der Waals surface area (Å²) in [5.74, 6) is 1.74. The molecule has 8 aromatic carbocycles. The summed E-state index contributed by atoms with van der Waals surface area (Å²) in [6, 6.07) is 65.7. The van der Waals surface area contributed by atoms with Crippen LogP contribution in [0.5, 0.6) is 0 Å². The zero-order chi connectivity index (χ0) is 37.5. The normalized spacial score (nSPS) is 11.9. The van der Waals surface area contributed by atoms with Gasteiger partial charge in [-0.15, -0.1) is 0 Å². The number of nitrogens with zero attached hydrogens (tertiary/aromatic N) is 5. The Morgan fingerprint density at radius 1 is 0.351 bits per heavy atom. The zero-order valence-electron chi connectivity index (χ0n) is 30.5. The number of benzene rings is 8. The Morgan fingerprint density at radius 3 is 1.61 bits per heavy atom. The predicted molar refractivity (Wildman–Crippen MR) is 232 cm³/mol. The number of hydrogen-bond acceptors (Lipinski definition) is 4. The standard InChI is InChI=1S/C51H31N5O/c1-3-14-32(15-4-1)49-52-50(39-21-13-25-47-48(39)38-20-9-12-24-46(38)57-47)54-51(53-49)56-43-23-11-8-19-37(43)41-31-34(27-29-45(41)56)33-26-28-44-40(30-33)36-18-7-10-22-42(36)55(44)35-16-5-2-6-17-35/h1-31H. The van der Waals surface area contributed by atoms with Crippen molar-refractivity contribution >= 4 is 65.6 Å². The molecule has 0 fully saturated rings. The summed E-state index contributed by atoms with van der Waals surface area (Å²) < 4.78 is 10.8. The first kappa shape index (κ1) is 31.5. The van der Waals surface area contributed by atoms with Crippen LogP contribution in [0.2, 0.25) is 0 Å². The average Bonchev–Trinajstić information content (AvgIpc) is 3.94. The van der Waals surface area contributed by atoms with E-state index in [9.17, 15) is 0 Å². The second kappa shape index (κ2) is 12.3. The molecule has 0 saturated heterocycles. The van der Waals surface area contributed by atoms with E-state index in [1.165, 1.54) is 21.8 Å². The van der Waals surface area contributed by atoms with Crippen LogP contribution in [-0.2, 0) is 0 Å². The molecule has 4 heterocycles. The van der Waals surface area contributed by atoms with Gasteiger partial charge in [0, 0.05) is 49.1 Å². The van der Waals surface area contributed by atoms with Gasteiger partial charge in [-0.1, -0.05) is 127 Å². The summed E-state index contributed by atoms with van der Waals surface area (Å²) in [4.78, 5) is 15.6. The lowest BCUT2D eigenvalue weighted by molar-refractivity contribution is 0.669. The zero-order valence-corrected chi connectivity index (χ0v) is 30.5. The summed E-state index contributed by atoms with van der Waals surface area (Å²) in [6.07, 6.45) is 0. The van der Waals surface area contributed by atoms with Crippen molar-refractivity contribution < 1.29 is 4.42 Å². The van der Waals surface area contributed by atoms with Crippen LogP contribution in [0.1, 0.15) is 0 Å². The average molecular weight is 730 g/mol. The van der Waals surface area contributed by atoms with Gasteiger partial charge in [-0.2, -0.15) is 9.97 Å². The van der Waals surface area contributed by atoms with Crippen LogP contribution in [0.25, 0.3) is 111 Å². The molecule has 0 N–H and O–H groups in total. The van der Waals surface area contributed by atoms with E-state index in [0.29, 0.717) is 17.6 Å². The second-order valence-electron chi connectivity index (χ2n) is 14.4. The molecule has 0 unspecified atom stereocenters. The molecule has 0 atom stereocenters. The van der Waals surface area contributed by atoms with E-state index in [2.05, 4.69) is 137 Å². The molecule has 6 heteroatoms. The minimum atomic E-state index is 0.553. The third kappa shape index (κ3) is 4.87.